The predicted molar refractivity (Wildman–Crippen MR) is 105 cm³/mol. The monoisotopic (exact) mass is 373 g/mol. The number of aromatic nitrogens is 1. The molecule has 0 saturated heterocycles. The molecule has 120 valence electrons. The summed E-state index contributed by atoms with van der Waals surface area (Å²) in [5, 5.41) is 8.25. The summed E-state index contributed by atoms with van der Waals surface area (Å²) in [6.45, 7) is 0. The third kappa shape index (κ3) is 4.45. The number of hydrazone groups is 1. The Morgan fingerprint density at radius 2 is 1.83 bits per heavy atom. The molecule has 0 fully saturated rings. The minimum atomic E-state index is 0.710. The molecule has 3 nitrogen and oxygen atoms in total. The number of halogens is 2. The Morgan fingerprint density at radius 1 is 1.04 bits per heavy atom. The zero-order chi connectivity index (χ0) is 16.8. The zero-order valence-electron chi connectivity index (χ0n) is 12.5. The molecule has 24 heavy (non-hydrogen) atoms. The average molecular weight is 374 g/mol. The van der Waals surface area contributed by atoms with Crippen molar-refractivity contribution in [1.29, 1.82) is 0 Å². The van der Waals surface area contributed by atoms with E-state index < -0.39 is 0 Å². The van der Waals surface area contributed by atoms with Crippen molar-refractivity contribution in [2.75, 3.05) is 5.43 Å². The van der Waals surface area contributed by atoms with Gasteiger partial charge in [0.25, 0.3) is 0 Å². The highest BCUT2D eigenvalue weighted by Gasteiger charge is 2.03. The van der Waals surface area contributed by atoms with Gasteiger partial charge in [-0.1, -0.05) is 59.6 Å². The molecule has 0 bridgehead atoms. The highest BCUT2D eigenvalue weighted by molar-refractivity contribution is 7.14. The molecule has 2 aromatic carbocycles. The first-order valence-electron chi connectivity index (χ1n) is 7.14. The van der Waals surface area contributed by atoms with Crippen molar-refractivity contribution in [2.45, 2.75) is 0 Å². The van der Waals surface area contributed by atoms with Crippen LogP contribution in [0.25, 0.3) is 17.3 Å². The average Bonchev–Trinajstić information content (AvgIpc) is 3.06. The second kappa shape index (κ2) is 8.11. The van der Waals surface area contributed by atoms with Crippen LogP contribution in [0.5, 0.6) is 0 Å². The van der Waals surface area contributed by atoms with E-state index in [0.29, 0.717) is 10.0 Å². The van der Waals surface area contributed by atoms with E-state index in [2.05, 4.69) is 15.5 Å². The quantitative estimate of drug-likeness (QED) is 0.425. The Bertz CT molecular complexity index is 870. The predicted octanol–water partition coefficient (Wildman–Crippen LogP) is 6.23. The highest BCUT2D eigenvalue weighted by atomic mass is 35.5. The molecule has 3 aromatic rings. The van der Waals surface area contributed by atoms with Crippen LogP contribution in [-0.2, 0) is 0 Å². The molecular formula is C18H13Cl2N3S. The van der Waals surface area contributed by atoms with Crippen molar-refractivity contribution in [1.82, 2.24) is 4.98 Å². The minimum Gasteiger partial charge on any atom is -0.253 e. The van der Waals surface area contributed by atoms with Crippen LogP contribution >= 0.6 is 34.5 Å². The topological polar surface area (TPSA) is 37.3 Å². The highest BCUT2D eigenvalue weighted by Crippen LogP contribution is 2.25. The van der Waals surface area contributed by atoms with Gasteiger partial charge in [0.15, 0.2) is 0 Å². The molecular weight excluding hydrogens is 361 g/mol. The second-order valence-corrected chi connectivity index (χ2v) is 6.52. The van der Waals surface area contributed by atoms with Crippen LogP contribution in [0.3, 0.4) is 0 Å². The summed E-state index contributed by atoms with van der Waals surface area (Å²) in [4.78, 5) is 4.49. The summed E-state index contributed by atoms with van der Waals surface area (Å²) in [6.07, 6.45) is 5.38. The van der Waals surface area contributed by atoms with Crippen LogP contribution in [0.1, 0.15) is 5.56 Å². The van der Waals surface area contributed by atoms with E-state index in [1.54, 1.807) is 6.21 Å². The van der Waals surface area contributed by atoms with E-state index in [0.717, 1.165) is 22.0 Å². The van der Waals surface area contributed by atoms with Crippen molar-refractivity contribution in [2.24, 2.45) is 5.10 Å². The summed E-state index contributed by atoms with van der Waals surface area (Å²) in [5.41, 5.74) is 5.77. The fourth-order valence-corrected chi connectivity index (χ4v) is 2.96. The normalized spacial score (nSPS) is 11.4. The Hall–Kier alpha value is -2.14. The van der Waals surface area contributed by atoms with Crippen molar-refractivity contribution in [3.63, 3.8) is 0 Å². The van der Waals surface area contributed by atoms with Crippen LogP contribution in [-0.4, -0.2) is 11.2 Å². The number of benzene rings is 2. The zero-order valence-corrected chi connectivity index (χ0v) is 14.8. The Kier molecular flexibility index (Phi) is 5.64. The van der Waals surface area contributed by atoms with Gasteiger partial charge in [0, 0.05) is 27.2 Å². The van der Waals surface area contributed by atoms with E-state index in [1.807, 2.05) is 66.1 Å². The number of thiazole rings is 1. The lowest BCUT2D eigenvalue weighted by Crippen LogP contribution is -1.87. The molecule has 0 atom stereocenters. The molecule has 1 aromatic heterocycles. The number of allylic oxidation sites excluding steroid dienone is 1. The van der Waals surface area contributed by atoms with Gasteiger partial charge in [0.2, 0.25) is 5.13 Å². The number of rotatable bonds is 5. The number of nitrogens with one attached hydrogen (secondary N) is 1. The molecule has 3 rings (SSSR count). The third-order valence-electron chi connectivity index (χ3n) is 3.15. The summed E-state index contributed by atoms with van der Waals surface area (Å²) in [5.74, 6) is 0. The maximum atomic E-state index is 6.08. The lowest BCUT2D eigenvalue weighted by Gasteiger charge is -1.96. The van der Waals surface area contributed by atoms with E-state index in [4.69, 9.17) is 23.2 Å². The maximum Gasteiger partial charge on any atom is 0.203 e. The van der Waals surface area contributed by atoms with E-state index in [-0.39, 0.29) is 0 Å². The molecule has 0 radical (unpaired) electrons. The van der Waals surface area contributed by atoms with Gasteiger partial charge in [-0.2, -0.15) is 5.10 Å². The fraction of sp³-hybridized carbons (Fsp3) is 0. The number of anilines is 1. The van der Waals surface area contributed by atoms with Gasteiger partial charge in [-0.15, -0.1) is 11.3 Å². The van der Waals surface area contributed by atoms with Gasteiger partial charge in [-0.25, -0.2) is 4.98 Å². The Morgan fingerprint density at radius 3 is 2.62 bits per heavy atom. The molecule has 0 unspecified atom stereocenters. The summed E-state index contributed by atoms with van der Waals surface area (Å²) in [6, 6.07) is 15.2. The lowest BCUT2D eigenvalue weighted by molar-refractivity contribution is 1.29. The largest absolute Gasteiger partial charge is 0.253 e. The first-order valence-corrected chi connectivity index (χ1v) is 8.78. The third-order valence-corrected chi connectivity index (χ3v) is 4.49. The second-order valence-electron chi connectivity index (χ2n) is 4.82. The summed E-state index contributed by atoms with van der Waals surface area (Å²) in [7, 11) is 0. The summed E-state index contributed by atoms with van der Waals surface area (Å²) >= 11 is 13.5. The van der Waals surface area contributed by atoms with Crippen molar-refractivity contribution in [3.8, 4) is 11.3 Å². The van der Waals surface area contributed by atoms with Gasteiger partial charge in [0.05, 0.1) is 5.69 Å². The number of hydrogen-bond acceptors (Lipinski definition) is 4. The van der Waals surface area contributed by atoms with Crippen molar-refractivity contribution >= 4 is 52.0 Å². The molecule has 1 N–H and O–H groups in total. The van der Waals surface area contributed by atoms with E-state index in [9.17, 15) is 0 Å². The minimum absolute atomic E-state index is 0.710. The molecule has 0 aliphatic carbocycles. The van der Waals surface area contributed by atoms with Crippen molar-refractivity contribution < 1.29 is 0 Å². The van der Waals surface area contributed by atoms with E-state index >= 15 is 0 Å². The smallest absolute Gasteiger partial charge is 0.203 e. The fourth-order valence-electron chi connectivity index (χ4n) is 1.97. The standard InChI is InChI=1S/C18H13Cl2N3S/c19-15-9-7-14(8-10-15)17-12-24-18(22-17)23-21-11-3-5-13-4-1-2-6-16(13)20/h1-12H,(H,22,23)/b5-3+,21-11+. The van der Waals surface area contributed by atoms with Crippen molar-refractivity contribution in [3.05, 3.63) is 75.6 Å². The van der Waals surface area contributed by atoms with Gasteiger partial charge < -0.3 is 0 Å². The van der Waals surface area contributed by atoms with E-state index in [1.165, 1.54) is 11.3 Å². The maximum absolute atomic E-state index is 6.08. The van der Waals surface area contributed by atoms with Crippen LogP contribution in [0.4, 0.5) is 5.13 Å². The molecule has 6 heteroatoms. The first kappa shape index (κ1) is 16.7. The molecule has 0 amide bonds. The molecule has 0 saturated carbocycles. The number of nitrogens with zero attached hydrogens (tertiary/aromatic N) is 2. The Balaban J connectivity index is 1.59. The Labute approximate surface area is 154 Å². The molecule has 0 aliphatic rings. The molecule has 0 aliphatic heterocycles. The van der Waals surface area contributed by atoms with Crippen LogP contribution < -0.4 is 5.43 Å². The number of hydrogen-bond donors (Lipinski definition) is 1. The van der Waals surface area contributed by atoms with Crippen LogP contribution in [0.15, 0.2) is 65.1 Å². The molecule has 1 heterocycles. The van der Waals surface area contributed by atoms with Gasteiger partial charge >= 0.3 is 0 Å². The molecule has 0 spiro atoms. The SMILES string of the molecule is Clc1ccc(-c2csc(N/N=C/C=C/c3ccccc3Cl)n2)cc1. The van der Waals surface area contributed by atoms with Crippen LogP contribution in [0, 0.1) is 0 Å². The van der Waals surface area contributed by atoms with Gasteiger partial charge in [0.1, 0.15) is 0 Å². The van der Waals surface area contributed by atoms with Gasteiger partial charge in [-0.3, -0.25) is 5.43 Å². The summed E-state index contributed by atoms with van der Waals surface area (Å²) < 4.78 is 0. The first-order chi connectivity index (χ1) is 11.7. The van der Waals surface area contributed by atoms with Crippen LogP contribution in [0.2, 0.25) is 10.0 Å². The van der Waals surface area contributed by atoms with Gasteiger partial charge in [-0.05, 0) is 29.8 Å². The lowest BCUT2D eigenvalue weighted by atomic mass is 10.2.